The lowest BCUT2D eigenvalue weighted by molar-refractivity contribution is -0.111. The number of hydrogen-bond acceptors (Lipinski definition) is 2. The van der Waals surface area contributed by atoms with E-state index in [4.69, 9.17) is 0 Å². The second-order valence-corrected chi connectivity index (χ2v) is 7.49. The Hall–Kier alpha value is -2.88. The third-order valence-electron chi connectivity index (χ3n) is 5.36. The molecule has 0 spiro atoms. The van der Waals surface area contributed by atoms with Crippen LogP contribution in [0.2, 0.25) is 0 Å². The number of para-hydroxylation sites is 1. The van der Waals surface area contributed by atoms with Crippen molar-refractivity contribution in [2.45, 2.75) is 45.1 Å². The zero-order valence-corrected chi connectivity index (χ0v) is 16.7. The maximum absolute atomic E-state index is 13.0. The number of benzene rings is 2. The van der Waals surface area contributed by atoms with Gasteiger partial charge in [-0.1, -0.05) is 61.2 Å². The van der Waals surface area contributed by atoms with Crippen LogP contribution in [-0.2, 0) is 4.79 Å². The number of carbonyl (C=O) groups excluding carboxylic acids is 2. The molecule has 0 atom stereocenters. The first-order chi connectivity index (χ1) is 13.5. The van der Waals surface area contributed by atoms with Crippen LogP contribution in [-0.4, -0.2) is 29.8 Å². The Morgan fingerprint density at radius 2 is 1.68 bits per heavy atom. The minimum Gasteiger partial charge on any atom is -0.339 e. The van der Waals surface area contributed by atoms with Crippen molar-refractivity contribution in [1.82, 2.24) is 4.90 Å². The van der Waals surface area contributed by atoms with Gasteiger partial charge in [0.05, 0.1) is 11.3 Å². The van der Waals surface area contributed by atoms with Crippen molar-refractivity contribution in [2.75, 3.05) is 12.4 Å². The molecule has 146 valence electrons. The minimum absolute atomic E-state index is 0.0367. The van der Waals surface area contributed by atoms with Crippen LogP contribution in [0.1, 0.15) is 53.6 Å². The number of amides is 2. The summed E-state index contributed by atoms with van der Waals surface area (Å²) < 4.78 is 0. The number of nitrogens with one attached hydrogen (secondary N) is 1. The van der Waals surface area contributed by atoms with Crippen LogP contribution in [0.15, 0.2) is 54.6 Å². The van der Waals surface area contributed by atoms with Gasteiger partial charge in [-0.25, -0.2) is 0 Å². The van der Waals surface area contributed by atoms with Crippen LogP contribution in [0.25, 0.3) is 6.08 Å². The Morgan fingerprint density at radius 3 is 2.39 bits per heavy atom. The van der Waals surface area contributed by atoms with Gasteiger partial charge in [-0.15, -0.1) is 0 Å². The van der Waals surface area contributed by atoms with Crippen molar-refractivity contribution in [3.05, 3.63) is 71.3 Å². The monoisotopic (exact) mass is 376 g/mol. The van der Waals surface area contributed by atoms with Crippen LogP contribution in [0.3, 0.4) is 0 Å². The van der Waals surface area contributed by atoms with Gasteiger partial charge in [-0.3, -0.25) is 9.59 Å². The van der Waals surface area contributed by atoms with Gasteiger partial charge in [0.15, 0.2) is 0 Å². The van der Waals surface area contributed by atoms with Crippen molar-refractivity contribution in [2.24, 2.45) is 0 Å². The molecule has 2 aromatic carbocycles. The van der Waals surface area contributed by atoms with Gasteiger partial charge in [-0.05, 0) is 43.5 Å². The molecular formula is C24H28N2O2. The summed E-state index contributed by atoms with van der Waals surface area (Å²) in [7, 11) is 1.87. The molecular weight excluding hydrogens is 348 g/mol. The molecule has 1 aliphatic carbocycles. The minimum atomic E-state index is -0.249. The van der Waals surface area contributed by atoms with Crippen LogP contribution < -0.4 is 5.32 Å². The van der Waals surface area contributed by atoms with E-state index in [1.54, 1.807) is 18.2 Å². The van der Waals surface area contributed by atoms with Crippen molar-refractivity contribution in [3.63, 3.8) is 0 Å². The maximum Gasteiger partial charge on any atom is 0.255 e. The molecule has 0 bridgehead atoms. The molecule has 1 fully saturated rings. The summed E-state index contributed by atoms with van der Waals surface area (Å²) >= 11 is 0. The van der Waals surface area contributed by atoms with E-state index in [0.717, 1.165) is 18.4 Å². The van der Waals surface area contributed by atoms with E-state index in [-0.39, 0.29) is 17.9 Å². The van der Waals surface area contributed by atoms with Crippen LogP contribution in [0.4, 0.5) is 5.69 Å². The van der Waals surface area contributed by atoms with Crippen molar-refractivity contribution < 1.29 is 9.59 Å². The molecule has 3 rings (SSSR count). The normalized spacial score (nSPS) is 14.8. The topological polar surface area (TPSA) is 49.4 Å². The Morgan fingerprint density at radius 1 is 1.00 bits per heavy atom. The Kier molecular flexibility index (Phi) is 6.64. The average Bonchev–Trinajstić information content (AvgIpc) is 2.73. The molecule has 2 aromatic rings. The fourth-order valence-electron chi connectivity index (χ4n) is 3.63. The number of carbonyl (C=O) groups is 2. The average molecular weight is 377 g/mol. The van der Waals surface area contributed by atoms with Crippen molar-refractivity contribution in [3.8, 4) is 0 Å². The van der Waals surface area contributed by atoms with Gasteiger partial charge in [0.25, 0.3) is 5.91 Å². The highest BCUT2D eigenvalue weighted by Crippen LogP contribution is 2.25. The summed E-state index contributed by atoms with van der Waals surface area (Å²) in [5.41, 5.74) is 3.22. The largest absolute Gasteiger partial charge is 0.339 e. The lowest BCUT2D eigenvalue weighted by atomic mass is 9.94. The number of hydrogen-bond donors (Lipinski definition) is 1. The van der Waals surface area contributed by atoms with E-state index in [0.29, 0.717) is 11.3 Å². The number of anilines is 1. The summed E-state index contributed by atoms with van der Waals surface area (Å²) in [6.45, 7) is 2.03. The summed E-state index contributed by atoms with van der Waals surface area (Å²) in [6.07, 6.45) is 8.96. The van der Waals surface area contributed by atoms with Crippen LogP contribution in [0, 0.1) is 6.92 Å². The predicted octanol–water partition coefficient (Wildman–Crippen LogP) is 5.05. The summed E-state index contributed by atoms with van der Waals surface area (Å²) in [4.78, 5) is 27.2. The first-order valence-corrected chi connectivity index (χ1v) is 9.96. The molecule has 0 aromatic heterocycles. The van der Waals surface area contributed by atoms with E-state index in [2.05, 4.69) is 5.32 Å². The Balaban J connectivity index is 1.69. The zero-order valence-electron chi connectivity index (χ0n) is 16.7. The van der Waals surface area contributed by atoms with Crippen LogP contribution in [0.5, 0.6) is 0 Å². The third kappa shape index (κ3) is 5.10. The summed E-state index contributed by atoms with van der Waals surface area (Å²) in [5, 5.41) is 2.86. The number of rotatable bonds is 5. The molecule has 0 heterocycles. The van der Waals surface area contributed by atoms with Gasteiger partial charge >= 0.3 is 0 Å². The fraction of sp³-hybridized carbons (Fsp3) is 0.333. The van der Waals surface area contributed by atoms with Gasteiger partial charge < -0.3 is 10.2 Å². The molecule has 4 heteroatoms. The van der Waals surface area contributed by atoms with E-state index < -0.39 is 0 Å². The van der Waals surface area contributed by atoms with Gasteiger partial charge in [0.1, 0.15) is 0 Å². The maximum atomic E-state index is 13.0. The van der Waals surface area contributed by atoms with E-state index in [1.165, 1.54) is 30.9 Å². The molecule has 0 aliphatic heterocycles. The smallest absolute Gasteiger partial charge is 0.255 e. The van der Waals surface area contributed by atoms with Crippen molar-refractivity contribution >= 4 is 23.6 Å². The second kappa shape index (κ2) is 9.36. The SMILES string of the molecule is Cc1ccc(/C=C/C(=O)Nc2ccccc2C(=O)N(C)C2CCCCC2)cc1. The standard InChI is InChI=1S/C24H28N2O2/c1-18-12-14-19(15-13-18)16-17-23(27)25-22-11-7-6-10-21(22)24(28)26(2)20-8-4-3-5-9-20/h6-7,10-17,20H,3-5,8-9H2,1-2H3,(H,25,27)/b17-16+. The van der Waals surface area contributed by atoms with E-state index in [1.807, 2.05) is 55.3 Å². The van der Waals surface area contributed by atoms with Gasteiger partial charge in [-0.2, -0.15) is 0 Å². The third-order valence-corrected chi connectivity index (χ3v) is 5.36. The first kappa shape index (κ1) is 19.9. The second-order valence-electron chi connectivity index (χ2n) is 7.49. The molecule has 0 unspecified atom stereocenters. The number of aryl methyl sites for hydroxylation is 1. The Labute approximate surface area is 167 Å². The highest BCUT2D eigenvalue weighted by atomic mass is 16.2. The first-order valence-electron chi connectivity index (χ1n) is 9.96. The van der Waals surface area contributed by atoms with Crippen molar-refractivity contribution in [1.29, 1.82) is 0 Å². The summed E-state index contributed by atoms with van der Waals surface area (Å²) in [6, 6.07) is 15.5. The quantitative estimate of drug-likeness (QED) is 0.742. The number of nitrogens with zero attached hydrogens (tertiary/aromatic N) is 1. The molecule has 0 saturated heterocycles. The van der Waals surface area contributed by atoms with Gasteiger partial charge in [0, 0.05) is 19.2 Å². The molecule has 1 aliphatic rings. The summed E-state index contributed by atoms with van der Waals surface area (Å²) in [5.74, 6) is -0.286. The highest BCUT2D eigenvalue weighted by molar-refractivity contribution is 6.07. The highest BCUT2D eigenvalue weighted by Gasteiger charge is 2.24. The predicted molar refractivity (Wildman–Crippen MR) is 114 cm³/mol. The molecule has 28 heavy (non-hydrogen) atoms. The van der Waals surface area contributed by atoms with E-state index >= 15 is 0 Å². The Bertz CT molecular complexity index is 849. The fourth-order valence-corrected chi connectivity index (χ4v) is 3.63. The molecule has 1 saturated carbocycles. The molecule has 2 amide bonds. The van der Waals surface area contributed by atoms with Gasteiger partial charge in [0.2, 0.25) is 5.91 Å². The molecule has 4 nitrogen and oxygen atoms in total. The lowest BCUT2D eigenvalue weighted by Gasteiger charge is -2.31. The lowest BCUT2D eigenvalue weighted by Crippen LogP contribution is -2.38. The van der Waals surface area contributed by atoms with Crippen LogP contribution >= 0.6 is 0 Å². The zero-order chi connectivity index (χ0) is 19.9. The molecule has 0 radical (unpaired) electrons. The molecule has 1 N–H and O–H groups in total. The van der Waals surface area contributed by atoms with E-state index in [9.17, 15) is 9.59 Å².